The van der Waals surface area contributed by atoms with E-state index in [1.807, 2.05) is 12.1 Å². The maximum atomic E-state index is 11.0. The Balaban J connectivity index is 2.25. The number of ether oxygens (including phenoxy) is 1. The molecule has 92 valence electrons. The summed E-state index contributed by atoms with van der Waals surface area (Å²) < 4.78 is 5.05. The van der Waals surface area contributed by atoms with E-state index in [1.165, 1.54) is 24.0 Å². The third kappa shape index (κ3) is 2.78. The zero-order chi connectivity index (χ0) is 13.0. The molecule has 0 amide bonds. The number of methoxy groups -OCH3 is 1. The molecule has 0 bridgehead atoms. The maximum absolute atomic E-state index is 11.0. The van der Waals surface area contributed by atoms with E-state index < -0.39 is 5.97 Å². The van der Waals surface area contributed by atoms with Crippen LogP contribution in [0.25, 0.3) is 0 Å². The van der Waals surface area contributed by atoms with Crippen LogP contribution in [0.3, 0.4) is 0 Å². The second-order valence-electron chi connectivity index (χ2n) is 3.33. The highest BCUT2D eigenvalue weighted by atomic mass is 32.2. The minimum Gasteiger partial charge on any atom is -0.497 e. The van der Waals surface area contributed by atoms with Gasteiger partial charge in [0, 0.05) is 4.90 Å². The third-order valence-corrected chi connectivity index (χ3v) is 3.19. The lowest BCUT2D eigenvalue weighted by molar-refractivity contribution is 0.0692. The minimum absolute atomic E-state index is 0.144. The number of rotatable bonds is 4. The predicted molar refractivity (Wildman–Crippen MR) is 66.1 cm³/mol. The average Bonchev–Trinajstić information content (AvgIpc) is 2.40. The van der Waals surface area contributed by atoms with Crippen molar-refractivity contribution < 1.29 is 14.6 Å². The van der Waals surface area contributed by atoms with Gasteiger partial charge in [-0.15, -0.1) is 5.10 Å². The summed E-state index contributed by atoms with van der Waals surface area (Å²) in [5, 5.41) is 16.9. The molecule has 0 radical (unpaired) electrons. The predicted octanol–water partition coefficient (Wildman–Crippen LogP) is 2.33. The zero-order valence-electron chi connectivity index (χ0n) is 9.53. The van der Waals surface area contributed by atoms with Crippen molar-refractivity contribution in [3.8, 4) is 5.75 Å². The summed E-state index contributed by atoms with van der Waals surface area (Å²) in [4.78, 5) is 11.9. The van der Waals surface area contributed by atoms with Gasteiger partial charge in [-0.25, -0.2) is 4.79 Å². The second-order valence-corrected chi connectivity index (χ2v) is 4.40. The van der Waals surface area contributed by atoms with Gasteiger partial charge in [0.2, 0.25) is 0 Å². The molecule has 5 nitrogen and oxygen atoms in total. The van der Waals surface area contributed by atoms with Gasteiger partial charge in [0.25, 0.3) is 0 Å². The Morgan fingerprint density at radius 1 is 1.28 bits per heavy atom. The molecule has 0 spiro atoms. The Hall–Kier alpha value is -2.08. The van der Waals surface area contributed by atoms with Gasteiger partial charge in [-0.1, -0.05) is 11.8 Å². The van der Waals surface area contributed by atoms with Crippen molar-refractivity contribution in [1.29, 1.82) is 0 Å². The molecule has 0 saturated carbocycles. The Morgan fingerprint density at radius 3 is 2.61 bits per heavy atom. The minimum atomic E-state index is -1.01. The summed E-state index contributed by atoms with van der Waals surface area (Å²) in [5.74, 6) is -0.266. The standard InChI is InChI=1S/C12H10N2O3S/c1-17-8-2-4-9(5-3-8)18-11-10(12(15)16)6-7-13-14-11/h2-7H,1H3,(H,15,16). The van der Waals surface area contributed by atoms with Gasteiger partial charge in [-0.3, -0.25) is 0 Å². The summed E-state index contributed by atoms with van der Waals surface area (Å²) in [6.45, 7) is 0. The van der Waals surface area contributed by atoms with Crippen LogP contribution < -0.4 is 4.74 Å². The smallest absolute Gasteiger partial charge is 0.338 e. The van der Waals surface area contributed by atoms with Crippen molar-refractivity contribution in [3.63, 3.8) is 0 Å². The Morgan fingerprint density at radius 2 is 2.00 bits per heavy atom. The van der Waals surface area contributed by atoms with Crippen molar-refractivity contribution in [2.75, 3.05) is 7.11 Å². The summed E-state index contributed by atoms with van der Waals surface area (Å²) in [6, 6.07) is 8.72. The van der Waals surface area contributed by atoms with E-state index in [0.717, 1.165) is 10.6 Å². The molecular weight excluding hydrogens is 252 g/mol. The number of hydrogen-bond acceptors (Lipinski definition) is 5. The van der Waals surface area contributed by atoms with Crippen molar-refractivity contribution in [2.24, 2.45) is 0 Å². The van der Waals surface area contributed by atoms with Crippen molar-refractivity contribution >= 4 is 17.7 Å². The van der Waals surface area contributed by atoms with Gasteiger partial charge in [0.15, 0.2) is 0 Å². The number of aromatic carboxylic acids is 1. The molecule has 0 aliphatic carbocycles. The molecular formula is C12H10N2O3S. The van der Waals surface area contributed by atoms with Gasteiger partial charge in [0.1, 0.15) is 10.8 Å². The maximum Gasteiger partial charge on any atom is 0.338 e. The van der Waals surface area contributed by atoms with Gasteiger partial charge in [-0.2, -0.15) is 5.10 Å². The van der Waals surface area contributed by atoms with Gasteiger partial charge in [0.05, 0.1) is 18.9 Å². The van der Waals surface area contributed by atoms with E-state index in [0.29, 0.717) is 5.03 Å². The van der Waals surface area contributed by atoms with Crippen LogP contribution in [0.4, 0.5) is 0 Å². The van der Waals surface area contributed by atoms with Gasteiger partial charge in [-0.05, 0) is 30.3 Å². The number of nitrogens with zero attached hydrogens (tertiary/aromatic N) is 2. The van der Waals surface area contributed by atoms with Crippen LogP contribution in [0.15, 0.2) is 46.5 Å². The van der Waals surface area contributed by atoms with Crippen LogP contribution in [0.2, 0.25) is 0 Å². The van der Waals surface area contributed by atoms with E-state index in [1.54, 1.807) is 19.2 Å². The molecule has 0 atom stereocenters. The number of carboxylic acid groups (broad SMARTS) is 1. The molecule has 1 aromatic carbocycles. The fourth-order valence-electron chi connectivity index (χ4n) is 1.31. The normalized spacial score (nSPS) is 10.1. The average molecular weight is 262 g/mol. The number of aromatic nitrogens is 2. The van der Waals surface area contributed by atoms with Crippen LogP contribution in [0.1, 0.15) is 10.4 Å². The summed E-state index contributed by atoms with van der Waals surface area (Å²) in [7, 11) is 1.59. The molecule has 0 unspecified atom stereocenters. The number of carboxylic acids is 1. The molecule has 2 rings (SSSR count). The van der Waals surface area contributed by atoms with Crippen molar-refractivity contribution in [1.82, 2.24) is 10.2 Å². The van der Waals surface area contributed by atoms with E-state index >= 15 is 0 Å². The fourth-order valence-corrected chi connectivity index (χ4v) is 2.16. The van der Waals surface area contributed by atoms with E-state index in [4.69, 9.17) is 9.84 Å². The summed E-state index contributed by atoms with van der Waals surface area (Å²) in [5.41, 5.74) is 0.144. The second kappa shape index (κ2) is 5.50. The lowest BCUT2D eigenvalue weighted by Crippen LogP contribution is -2.01. The molecule has 6 heteroatoms. The molecule has 0 aliphatic rings. The Labute approximate surface area is 108 Å². The molecule has 0 saturated heterocycles. The first-order valence-electron chi connectivity index (χ1n) is 5.07. The Bertz CT molecular complexity index is 558. The number of benzene rings is 1. The van der Waals surface area contributed by atoms with Gasteiger partial charge < -0.3 is 9.84 Å². The lowest BCUT2D eigenvalue weighted by atomic mass is 10.3. The van der Waals surface area contributed by atoms with E-state index in [-0.39, 0.29) is 5.56 Å². The molecule has 1 aromatic heterocycles. The summed E-state index contributed by atoms with van der Waals surface area (Å²) >= 11 is 1.25. The van der Waals surface area contributed by atoms with Crippen molar-refractivity contribution in [2.45, 2.75) is 9.92 Å². The highest BCUT2D eigenvalue weighted by Gasteiger charge is 2.12. The zero-order valence-corrected chi connectivity index (χ0v) is 10.3. The Kier molecular flexibility index (Phi) is 3.78. The fraction of sp³-hybridized carbons (Fsp3) is 0.0833. The number of hydrogen-bond donors (Lipinski definition) is 1. The van der Waals surface area contributed by atoms with Crippen LogP contribution in [0.5, 0.6) is 5.75 Å². The largest absolute Gasteiger partial charge is 0.497 e. The van der Waals surface area contributed by atoms with Crippen LogP contribution in [0, 0.1) is 0 Å². The lowest BCUT2D eigenvalue weighted by Gasteiger charge is -2.04. The first-order chi connectivity index (χ1) is 8.70. The molecule has 2 aromatic rings. The monoisotopic (exact) mass is 262 g/mol. The SMILES string of the molecule is COc1ccc(Sc2nnccc2C(=O)O)cc1. The topological polar surface area (TPSA) is 72.3 Å². The van der Waals surface area contributed by atoms with E-state index in [9.17, 15) is 4.79 Å². The highest BCUT2D eigenvalue weighted by Crippen LogP contribution is 2.29. The summed E-state index contributed by atoms with van der Waals surface area (Å²) in [6.07, 6.45) is 1.36. The quantitative estimate of drug-likeness (QED) is 0.911. The molecule has 1 N–H and O–H groups in total. The first kappa shape index (κ1) is 12.4. The first-order valence-corrected chi connectivity index (χ1v) is 5.89. The van der Waals surface area contributed by atoms with Gasteiger partial charge >= 0.3 is 5.97 Å². The third-order valence-electron chi connectivity index (χ3n) is 2.19. The molecule has 0 fully saturated rings. The molecule has 1 heterocycles. The highest BCUT2D eigenvalue weighted by molar-refractivity contribution is 7.99. The van der Waals surface area contributed by atoms with Crippen molar-refractivity contribution in [3.05, 3.63) is 42.1 Å². The van der Waals surface area contributed by atoms with Crippen LogP contribution >= 0.6 is 11.8 Å². The number of carbonyl (C=O) groups is 1. The van der Waals surface area contributed by atoms with Crippen LogP contribution in [-0.2, 0) is 0 Å². The molecule has 18 heavy (non-hydrogen) atoms. The molecule has 0 aliphatic heterocycles. The van der Waals surface area contributed by atoms with Crippen LogP contribution in [-0.4, -0.2) is 28.4 Å². The van der Waals surface area contributed by atoms with E-state index in [2.05, 4.69) is 10.2 Å².